The monoisotopic (exact) mass is 224 g/mol. The standard InChI is InChI=1S/C13H21FN2/c1-13(2)10-16(9-8-15(13)3)12-6-4-11(14)5-7-12/h4,6H,5,7-10H2,1-3H3. The van der Waals surface area contributed by atoms with Crippen LogP contribution in [0.4, 0.5) is 4.39 Å². The third-order valence-corrected chi connectivity index (χ3v) is 3.80. The molecular weight excluding hydrogens is 203 g/mol. The van der Waals surface area contributed by atoms with Gasteiger partial charge in [-0.15, -0.1) is 0 Å². The predicted octanol–water partition coefficient (Wildman–Crippen LogP) is 2.54. The van der Waals surface area contributed by atoms with Crippen molar-refractivity contribution in [1.82, 2.24) is 9.80 Å². The first kappa shape index (κ1) is 11.6. The number of rotatable bonds is 1. The van der Waals surface area contributed by atoms with E-state index in [1.165, 1.54) is 5.70 Å². The Morgan fingerprint density at radius 1 is 1.19 bits per heavy atom. The molecule has 2 aliphatic rings. The molecule has 0 amide bonds. The van der Waals surface area contributed by atoms with Gasteiger partial charge in [0.1, 0.15) is 5.83 Å². The minimum atomic E-state index is 0.0112. The lowest BCUT2D eigenvalue weighted by Crippen LogP contribution is -2.57. The molecule has 1 heterocycles. The fourth-order valence-electron chi connectivity index (χ4n) is 2.35. The van der Waals surface area contributed by atoms with Crippen molar-refractivity contribution in [1.29, 1.82) is 0 Å². The maximum absolute atomic E-state index is 12.9. The lowest BCUT2D eigenvalue weighted by molar-refractivity contribution is 0.0558. The number of hydrogen-bond acceptors (Lipinski definition) is 2. The number of halogens is 1. The maximum atomic E-state index is 12.9. The molecule has 1 aliphatic heterocycles. The van der Waals surface area contributed by atoms with E-state index in [4.69, 9.17) is 0 Å². The first-order valence-electron chi connectivity index (χ1n) is 6.00. The van der Waals surface area contributed by atoms with Gasteiger partial charge in [0.25, 0.3) is 0 Å². The van der Waals surface area contributed by atoms with E-state index in [1.54, 1.807) is 6.08 Å². The maximum Gasteiger partial charge on any atom is 0.100 e. The van der Waals surface area contributed by atoms with Crippen LogP contribution in [-0.4, -0.2) is 42.0 Å². The molecule has 2 rings (SSSR count). The average Bonchev–Trinajstić information content (AvgIpc) is 2.23. The minimum absolute atomic E-state index is 0.0112. The fraction of sp³-hybridized carbons (Fsp3) is 0.692. The van der Waals surface area contributed by atoms with Crippen LogP contribution in [0.25, 0.3) is 0 Å². The first-order chi connectivity index (χ1) is 7.49. The van der Waals surface area contributed by atoms with Crippen molar-refractivity contribution in [2.24, 2.45) is 0 Å². The van der Waals surface area contributed by atoms with Crippen LogP contribution in [0.15, 0.2) is 23.7 Å². The molecule has 0 aromatic carbocycles. The fourth-order valence-corrected chi connectivity index (χ4v) is 2.35. The second-order valence-electron chi connectivity index (χ2n) is 5.43. The van der Waals surface area contributed by atoms with Crippen LogP contribution in [0.3, 0.4) is 0 Å². The van der Waals surface area contributed by atoms with Crippen LogP contribution in [0.1, 0.15) is 26.7 Å². The summed E-state index contributed by atoms with van der Waals surface area (Å²) in [5.41, 5.74) is 1.50. The second kappa shape index (κ2) is 4.21. The SMILES string of the molecule is CN1CCN(C2=CC=C(F)CC2)CC1(C)C. The van der Waals surface area contributed by atoms with Crippen LogP contribution in [0.2, 0.25) is 0 Å². The van der Waals surface area contributed by atoms with Crippen molar-refractivity contribution in [3.63, 3.8) is 0 Å². The number of hydrogen-bond donors (Lipinski definition) is 0. The first-order valence-corrected chi connectivity index (χ1v) is 6.00. The third-order valence-electron chi connectivity index (χ3n) is 3.80. The van der Waals surface area contributed by atoms with Crippen molar-refractivity contribution in [2.45, 2.75) is 32.2 Å². The largest absolute Gasteiger partial charge is 0.372 e. The molecule has 0 N–H and O–H groups in total. The van der Waals surface area contributed by atoms with Gasteiger partial charge in [-0.1, -0.05) is 0 Å². The van der Waals surface area contributed by atoms with E-state index in [0.29, 0.717) is 6.42 Å². The molecular formula is C13H21FN2. The number of nitrogens with zero attached hydrogens (tertiary/aromatic N) is 2. The van der Waals surface area contributed by atoms with Gasteiger partial charge >= 0.3 is 0 Å². The molecule has 0 aromatic rings. The van der Waals surface area contributed by atoms with E-state index in [0.717, 1.165) is 26.1 Å². The van der Waals surface area contributed by atoms with Gasteiger partial charge in [-0.25, -0.2) is 4.39 Å². The van der Waals surface area contributed by atoms with Gasteiger partial charge in [-0.05, 0) is 39.5 Å². The Balaban J connectivity index is 2.07. The average molecular weight is 224 g/mol. The summed E-state index contributed by atoms with van der Waals surface area (Å²) in [7, 11) is 2.17. The van der Waals surface area contributed by atoms with Gasteiger partial charge < -0.3 is 4.90 Å². The summed E-state index contributed by atoms with van der Waals surface area (Å²) in [6.45, 7) is 7.69. The van der Waals surface area contributed by atoms with E-state index in [-0.39, 0.29) is 11.4 Å². The zero-order valence-corrected chi connectivity index (χ0v) is 10.5. The zero-order chi connectivity index (χ0) is 11.8. The Morgan fingerprint density at radius 3 is 2.50 bits per heavy atom. The molecule has 0 aromatic heterocycles. The normalized spacial score (nSPS) is 26.4. The van der Waals surface area contributed by atoms with Crippen molar-refractivity contribution in [3.8, 4) is 0 Å². The minimum Gasteiger partial charge on any atom is -0.372 e. The Bertz CT molecular complexity index is 331. The lowest BCUT2D eigenvalue weighted by atomic mass is 9.98. The van der Waals surface area contributed by atoms with Gasteiger partial charge in [0.05, 0.1) is 0 Å². The smallest absolute Gasteiger partial charge is 0.100 e. The van der Waals surface area contributed by atoms with Gasteiger partial charge in [0.2, 0.25) is 0 Å². The zero-order valence-electron chi connectivity index (χ0n) is 10.5. The van der Waals surface area contributed by atoms with Crippen molar-refractivity contribution in [2.75, 3.05) is 26.7 Å². The summed E-state index contributed by atoms with van der Waals surface area (Å²) in [4.78, 5) is 4.80. The number of allylic oxidation sites excluding steroid dienone is 4. The van der Waals surface area contributed by atoms with Crippen molar-refractivity contribution in [3.05, 3.63) is 23.7 Å². The van der Waals surface area contributed by atoms with Crippen LogP contribution >= 0.6 is 0 Å². The Labute approximate surface area is 97.4 Å². The van der Waals surface area contributed by atoms with Gasteiger partial charge in [-0.3, -0.25) is 4.90 Å². The third kappa shape index (κ3) is 2.29. The molecule has 1 saturated heterocycles. The van der Waals surface area contributed by atoms with E-state index in [2.05, 4.69) is 30.7 Å². The van der Waals surface area contributed by atoms with E-state index < -0.39 is 0 Å². The van der Waals surface area contributed by atoms with Crippen molar-refractivity contribution >= 4 is 0 Å². The van der Waals surface area contributed by atoms with E-state index in [9.17, 15) is 4.39 Å². The summed E-state index contributed by atoms with van der Waals surface area (Å²) < 4.78 is 12.9. The molecule has 0 unspecified atom stereocenters. The molecule has 0 atom stereocenters. The molecule has 0 spiro atoms. The van der Waals surface area contributed by atoms with Crippen molar-refractivity contribution < 1.29 is 4.39 Å². The summed E-state index contributed by atoms with van der Waals surface area (Å²) in [5, 5.41) is 0. The predicted molar refractivity (Wildman–Crippen MR) is 64.8 cm³/mol. The number of likely N-dealkylation sites (N-methyl/N-ethyl adjacent to an activating group) is 1. The van der Waals surface area contributed by atoms with Gasteiger partial charge in [0.15, 0.2) is 0 Å². The second-order valence-corrected chi connectivity index (χ2v) is 5.43. The van der Waals surface area contributed by atoms with Crippen LogP contribution in [0.5, 0.6) is 0 Å². The molecule has 1 aliphatic carbocycles. The Kier molecular flexibility index (Phi) is 3.06. The summed E-state index contributed by atoms with van der Waals surface area (Å²) in [6, 6.07) is 0. The summed E-state index contributed by atoms with van der Waals surface area (Å²) in [6.07, 6.45) is 4.98. The molecule has 2 nitrogen and oxygen atoms in total. The van der Waals surface area contributed by atoms with Crippen LogP contribution in [-0.2, 0) is 0 Å². The highest BCUT2D eigenvalue weighted by Gasteiger charge is 2.31. The molecule has 16 heavy (non-hydrogen) atoms. The highest BCUT2D eigenvalue weighted by molar-refractivity contribution is 5.20. The molecule has 0 saturated carbocycles. The molecule has 1 fully saturated rings. The topological polar surface area (TPSA) is 6.48 Å². The highest BCUT2D eigenvalue weighted by Crippen LogP contribution is 2.27. The Morgan fingerprint density at radius 2 is 1.94 bits per heavy atom. The summed E-state index contributed by atoms with van der Waals surface area (Å²) >= 11 is 0. The highest BCUT2D eigenvalue weighted by atomic mass is 19.1. The van der Waals surface area contributed by atoms with E-state index in [1.807, 2.05) is 6.08 Å². The van der Waals surface area contributed by atoms with Crippen LogP contribution < -0.4 is 0 Å². The number of piperazine rings is 1. The van der Waals surface area contributed by atoms with Gasteiger partial charge in [-0.2, -0.15) is 0 Å². The molecule has 90 valence electrons. The Hall–Kier alpha value is -0.830. The molecule has 0 radical (unpaired) electrons. The van der Waals surface area contributed by atoms with E-state index >= 15 is 0 Å². The molecule has 0 bridgehead atoms. The molecule has 3 heteroatoms. The quantitative estimate of drug-likeness (QED) is 0.675. The van der Waals surface area contributed by atoms with Crippen LogP contribution in [0, 0.1) is 0 Å². The lowest BCUT2D eigenvalue weighted by Gasteiger charge is -2.47. The van der Waals surface area contributed by atoms with Gasteiger partial charge in [0, 0.05) is 37.3 Å². The summed E-state index contributed by atoms with van der Waals surface area (Å²) in [5.74, 6) is 0.0112.